The van der Waals surface area contributed by atoms with E-state index in [0.29, 0.717) is 34.5 Å². The minimum Gasteiger partial charge on any atom is -0.497 e. The standard InChI is InChI=1S/C29H32N8O5/c1-35-9-7-19(8-10-35)37(20-13-31-32-14-20)26-6-5-24-23(33-26)12-25(42-24)29(17-38,34-28(30)40)16-36-15-18-3-4-21(41-2)11-22(18)27(36)39/h3-6,11-14,17,19H,7-10,15-16H2,1-2H3,(H,31,32)(H3,30,34,40)/t29-/m1/s1. The number of likely N-dealkylation sites (tertiary alicyclic amines) is 1. The number of pyridine rings is 1. The zero-order valence-corrected chi connectivity index (χ0v) is 23.4. The number of furan rings is 1. The lowest BCUT2D eigenvalue weighted by Crippen LogP contribution is -2.55. The van der Waals surface area contributed by atoms with Crippen LogP contribution in [0.5, 0.6) is 5.75 Å². The van der Waals surface area contributed by atoms with E-state index >= 15 is 0 Å². The first-order valence-corrected chi connectivity index (χ1v) is 13.7. The Morgan fingerprint density at radius 1 is 1.29 bits per heavy atom. The number of H-pyrrole nitrogens is 1. The van der Waals surface area contributed by atoms with Crippen molar-refractivity contribution in [3.63, 3.8) is 0 Å². The van der Waals surface area contributed by atoms with Crippen LogP contribution in [0.3, 0.4) is 0 Å². The summed E-state index contributed by atoms with van der Waals surface area (Å²) in [6, 6.07) is 9.76. The number of nitrogens with one attached hydrogen (secondary N) is 2. The van der Waals surface area contributed by atoms with Gasteiger partial charge in [0.1, 0.15) is 22.8 Å². The van der Waals surface area contributed by atoms with Gasteiger partial charge in [-0.2, -0.15) is 5.10 Å². The Morgan fingerprint density at radius 2 is 2.10 bits per heavy atom. The van der Waals surface area contributed by atoms with Crippen LogP contribution in [0.15, 0.2) is 53.2 Å². The number of piperidine rings is 1. The van der Waals surface area contributed by atoms with E-state index in [9.17, 15) is 14.4 Å². The van der Waals surface area contributed by atoms with Crippen molar-refractivity contribution < 1.29 is 23.5 Å². The smallest absolute Gasteiger partial charge is 0.313 e. The number of carbonyl (C=O) groups is 3. The molecule has 0 unspecified atom stereocenters. The number of nitrogens with two attached hydrogens (primary N) is 1. The van der Waals surface area contributed by atoms with Crippen LogP contribution in [0.25, 0.3) is 11.1 Å². The van der Waals surface area contributed by atoms with Gasteiger partial charge in [0, 0.05) is 30.4 Å². The molecular formula is C29H32N8O5. The van der Waals surface area contributed by atoms with E-state index in [1.807, 2.05) is 12.3 Å². The fraction of sp³-hybridized carbons (Fsp3) is 0.345. The van der Waals surface area contributed by atoms with Crippen LogP contribution in [-0.2, 0) is 16.9 Å². The van der Waals surface area contributed by atoms with Crippen molar-refractivity contribution in [3.8, 4) is 5.75 Å². The van der Waals surface area contributed by atoms with Gasteiger partial charge in [-0.25, -0.2) is 9.78 Å². The summed E-state index contributed by atoms with van der Waals surface area (Å²) in [4.78, 5) is 49.0. The number of rotatable bonds is 9. The number of carbonyl (C=O) groups excluding carboxylic acids is 3. The summed E-state index contributed by atoms with van der Waals surface area (Å²) in [5, 5.41) is 9.57. The molecule has 218 valence electrons. The second-order valence-corrected chi connectivity index (χ2v) is 10.8. The molecule has 13 heteroatoms. The third kappa shape index (κ3) is 4.91. The van der Waals surface area contributed by atoms with Crippen molar-refractivity contribution in [2.24, 2.45) is 5.73 Å². The maximum absolute atomic E-state index is 13.3. The molecule has 2 aliphatic rings. The van der Waals surface area contributed by atoms with Crippen LogP contribution in [0.2, 0.25) is 0 Å². The first-order valence-electron chi connectivity index (χ1n) is 13.7. The van der Waals surface area contributed by atoms with E-state index in [0.717, 1.165) is 37.2 Å². The van der Waals surface area contributed by atoms with Crippen molar-refractivity contribution in [1.29, 1.82) is 0 Å². The first-order chi connectivity index (χ1) is 20.3. The number of aromatic nitrogens is 3. The number of fused-ring (bicyclic) bond motifs is 2. The minimum absolute atomic E-state index is 0.117. The third-order valence-electron chi connectivity index (χ3n) is 8.04. The Kier molecular flexibility index (Phi) is 7.02. The van der Waals surface area contributed by atoms with Gasteiger partial charge in [0.15, 0.2) is 17.4 Å². The highest BCUT2D eigenvalue weighted by Crippen LogP contribution is 2.35. The Balaban J connectivity index is 1.35. The van der Waals surface area contributed by atoms with Gasteiger partial charge in [-0.1, -0.05) is 6.07 Å². The number of hydrogen-bond donors (Lipinski definition) is 3. The number of aromatic amines is 1. The molecule has 13 nitrogen and oxygen atoms in total. The van der Waals surface area contributed by atoms with E-state index in [1.165, 1.54) is 12.0 Å². The second kappa shape index (κ2) is 10.8. The van der Waals surface area contributed by atoms with Gasteiger partial charge in [0.05, 0.1) is 25.5 Å². The molecule has 1 fully saturated rings. The molecule has 0 saturated carbocycles. The molecule has 2 aliphatic heterocycles. The number of ether oxygens (including phenoxy) is 1. The van der Waals surface area contributed by atoms with Gasteiger partial charge < -0.3 is 39.7 Å². The largest absolute Gasteiger partial charge is 0.497 e. The van der Waals surface area contributed by atoms with E-state index in [-0.39, 0.29) is 30.8 Å². The Morgan fingerprint density at radius 3 is 2.79 bits per heavy atom. The molecule has 0 radical (unpaired) electrons. The van der Waals surface area contributed by atoms with E-state index in [1.54, 1.807) is 36.5 Å². The van der Waals surface area contributed by atoms with Gasteiger partial charge >= 0.3 is 6.03 Å². The Bertz CT molecular complexity index is 1630. The molecule has 4 aromatic rings. The topological polar surface area (TPSA) is 163 Å². The average Bonchev–Trinajstić information content (AvgIpc) is 3.73. The summed E-state index contributed by atoms with van der Waals surface area (Å²) in [7, 11) is 3.64. The molecule has 6 rings (SSSR count). The molecule has 0 aliphatic carbocycles. The molecular weight excluding hydrogens is 540 g/mol. The Hall–Kier alpha value is -4.91. The second-order valence-electron chi connectivity index (χ2n) is 10.8. The predicted octanol–water partition coefficient (Wildman–Crippen LogP) is 2.51. The number of methoxy groups -OCH3 is 1. The lowest BCUT2D eigenvalue weighted by molar-refractivity contribution is -0.114. The van der Waals surface area contributed by atoms with Crippen molar-refractivity contribution >= 4 is 40.8 Å². The van der Waals surface area contributed by atoms with E-state index in [4.69, 9.17) is 19.9 Å². The summed E-state index contributed by atoms with van der Waals surface area (Å²) in [5.41, 5.74) is 6.83. The van der Waals surface area contributed by atoms with Crippen molar-refractivity contribution in [2.75, 3.05) is 38.7 Å². The highest BCUT2D eigenvalue weighted by Gasteiger charge is 2.42. The van der Waals surface area contributed by atoms with Crippen molar-refractivity contribution in [2.45, 2.75) is 31.0 Å². The number of aldehydes is 1. The van der Waals surface area contributed by atoms with Crippen LogP contribution < -0.4 is 20.7 Å². The average molecular weight is 573 g/mol. The highest BCUT2D eigenvalue weighted by atomic mass is 16.5. The molecule has 1 atom stereocenters. The molecule has 0 bridgehead atoms. The summed E-state index contributed by atoms with van der Waals surface area (Å²) in [6.07, 6.45) is 6.04. The summed E-state index contributed by atoms with van der Waals surface area (Å²) < 4.78 is 11.4. The van der Waals surface area contributed by atoms with Crippen LogP contribution in [0.1, 0.15) is 34.5 Å². The van der Waals surface area contributed by atoms with Crippen LogP contribution in [-0.4, -0.2) is 83.0 Å². The maximum atomic E-state index is 13.3. The minimum atomic E-state index is -1.74. The molecule has 4 N–H and O–H groups in total. The van der Waals surface area contributed by atoms with Gasteiger partial charge in [-0.3, -0.25) is 9.89 Å². The fourth-order valence-electron chi connectivity index (χ4n) is 5.85. The number of anilines is 2. The molecule has 1 aromatic carbocycles. The molecule has 3 amide bonds. The quantitative estimate of drug-likeness (QED) is 0.256. The summed E-state index contributed by atoms with van der Waals surface area (Å²) >= 11 is 0. The zero-order valence-electron chi connectivity index (χ0n) is 23.4. The van der Waals surface area contributed by atoms with Crippen molar-refractivity contribution in [1.82, 2.24) is 30.3 Å². The maximum Gasteiger partial charge on any atom is 0.313 e. The Labute approximate surface area is 241 Å². The monoisotopic (exact) mass is 572 g/mol. The molecule has 42 heavy (non-hydrogen) atoms. The number of nitrogens with zero attached hydrogens (tertiary/aromatic N) is 5. The number of hydrogen-bond acceptors (Lipinski definition) is 9. The molecule has 1 saturated heterocycles. The van der Waals surface area contributed by atoms with Crippen LogP contribution in [0, 0.1) is 0 Å². The number of benzene rings is 1. The number of amides is 3. The predicted molar refractivity (Wildman–Crippen MR) is 153 cm³/mol. The van der Waals surface area contributed by atoms with Gasteiger partial charge in [-0.15, -0.1) is 0 Å². The lowest BCUT2D eigenvalue weighted by Gasteiger charge is -2.37. The highest BCUT2D eigenvalue weighted by molar-refractivity contribution is 5.99. The van der Waals surface area contributed by atoms with Gasteiger partial charge in [0.25, 0.3) is 5.91 Å². The molecule has 0 spiro atoms. The lowest BCUT2D eigenvalue weighted by atomic mass is 9.97. The first kappa shape index (κ1) is 27.3. The van der Waals surface area contributed by atoms with E-state index in [2.05, 4.69) is 32.4 Å². The van der Waals surface area contributed by atoms with Gasteiger partial charge in [0.2, 0.25) is 0 Å². The number of urea groups is 1. The van der Waals surface area contributed by atoms with Gasteiger partial charge in [-0.05, 0) is 62.8 Å². The van der Waals surface area contributed by atoms with E-state index < -0.39 is 11.6 Å². The zero-order chi connectivity index (χ0) is 29.4. The SMILES string of the molecule is COc1ccc2c(c1)C(=O)N(C[C@](C=O)(NC(N)=O)c1cc3nc(N(c4cn[nH]c4)C4CCN(C)CC4)ccc3o1)C2. The summed E-state index contributed by atoms with van der Waals surface area (Å²) in [6.45, 7) is 1.97. The molecule has 3 aromatic heterocycles. The third-order valence-corrected chi connectivity index (χ3v) is 8.04. The van der Waals surface area contributed by atoms with Crippen LogP contribution in [0.4, 0.5) is 16.3 Å². The fourth-order valence-corrected chi connectivity index (χ4v) is 5.85. The number of primary amides is 1. The molecule has 5 heterocycles. The summed E-state index contributed by atoms with van der Waals surface area (Å²) in [5.74, 6) is 1.06. The van der Waals surface area contributed by atoms with Crippen molar-refractivity contribution in [3.05, 3.63) is 65.7 Å². The normalized spacial score (nSPS) is 17.2. The van der Waals surface area contributed by atoms with Crippen LogP contribution >= 0.6 is 0 Å².